The third-order valence-corrected chi connectivity index (χ3v) is 8.03. The average molecular weight is 484 g/mol. The van der Waals surface area contributed by atoms with Crippen LogP contribution in [0.5, 0.6) is 5.75 Å². The molecular formula is C34H45NO. The predicted molar refractivity (Wildman–Crippen MR) is 155 cm³/mol. The molecule has 192 valence electrons. The first-order valence-electron chi connectivity index (χ1n) is 14.0. The predicted octanol–water partition coefficient (Wildman–Crippen LogP) is 8.70. The molecule has 36 heavy (non-hydrogen) atoms. The Morgan fingerprint density at radius 2 is 1.44 bits per heavy atom. The van der Waals surface area contributed by atoms with Crippen molar-refractivity contribution in [2.75, 3.05) is 19.7 Å². The van der Waals surface area contributed by atoms with Gasteiger partial charge >= 0.3 is 0 Å². The van der Waals surface area contributed by atoms with E-state index in [0.29, 0.717) is 0 Å². The number of rotatable bonds is 10. The van der Waals surface area contributed by atoms with Crippen LogP contribution in [0.4, 0.5) is 0 Å². The fourth-order valence-corrected chi connectivity index (χ4v) is 5.60. The summed E-state index contributed by atoms with van der Waals surface area (Å²) in [6.45, 7) is 16.8. The van der Waals surface area contributed by atoms with E-state index in [1.165, 1.54) is 51.8 Å². The van der Waals surface area contributed by atoms with E-state index in [9.17, 15) is 0 Å². The maximum Gasteiger partial charge on any atom is 0.127 e. The zero-order chi connectivity index (χ0) is 25.8. The Morgan fingerprint density at radius 1 is 0.750 bits per heavy atom. The lowest BCUT2D eigenvalue weighted by molar-refractivity contribution is 0.309. The largest absolute Gasteiger partial charge is 0.493 e. The van der Waals surface area contributed by atoms with Crippen molar-refractivity contribution in [3.63, 3.8) is 0 Å². The highest BCUT2D eigenvalue weighted by molar-refractivity contribution is 5.79. The topological polar surface area (TPSA) is 21.3 Å². The SMILES string of the molecule is CCCNCCCOc1ccc(-c2ccccc2CC)cc1-c1ccc2c(c1)C(C)(C)CCC2(C)C. The Hall–Kier alpha value is -2.58. The van der Waals surface area contributed by atoms with Crippen molar-refractivity contribution in [1.82, 2.24) is 5.32 Å². The summed E-state index contributed by atoms with van der Waals surface area (Å²) in [5.41, 5.74) is 9.80. The van der Waals surface area contributed by atoms with Gasteiger partial charge in [0.1, 0.15) is 5.75 Å². The second-order valence-electron chi connectivity index (χ2n) is 11.7. The van der Waals surface area contributed by atoms with Crippen molar-refractivity contribution < 1.29 is 4.74 Å². The maximum absolute atomic E-state index is 6.42. The number of ether oxygens (including phenoxy) is 1. The third-order valence-electron chi connectivity index (χ3n) is 8.03. The summed E-state index contributed by atoms with van der Waals surface area (Å²) in [6.07, 6.45) is 5.64. The molecule has 0 saturated heterocycles. The summed E-state index contributed by atoms with van der Waals surface area (Å²) in [5, 5.41) is 3.48. The van der Waals surface area contributed by atoms with Gasteiger partial charge in [0.05, 0.1) is 6.61 Å². The highest BCUT2D eigenvalue weighted by Crippen LogP contribution is 2.47. The van der Waals surface area contributed by atoms with Crippen molar-refractivity contribution in [2.45, 2.75) is 84.5 Å². The molecule has 0 spiro atoms. The number of hydrogen-bond donors (Lipinski definition) is 1. The third kappa shape index (κ3) is 5.70. The summed E-state index contributed by atoms with van der Waals surface area (Å²) in [5.74, 6) is 0.982. The molecule has 0 aromatic heterocycles. The molecule has 0 amide bonds. The Morgan fingerprint density at radius 3 is 2.19 bits per heavy atom. The number of aryl methyl sites for hydroxylation is 1. The molecule has 0 atom stereocenters. The fourth-order valence-electron chi connectivity index (χ4n) is 5.60. The van der Waals surface area contributed by atoms with Crippen LogP contribution in [0.25, 0.3) is 22.3 Å². The maximum atomic E-state index is 6.42. The van der Waals surface area contributed by atoms with E-state index in [1.54, 1.807) is 0 Å². The monoisotopic (exact) mass is 483 g/mol. The molecule has 4 rings (SSSR count). The molecule has 0 saturated carbocycles. The normalized spacial score (nSPS) is 15.9. The van der Waals surface area contributed by atoms with Gasteiger partial charge in [0.25, 0.3) is 0 Å². The molecule has 0 radical (unpaired) electrons. The molecule has 0 unspecified atom stereocenters. The van der Waals surface area contributed by atoms with Gasteiger partial charge < -0.3 is 10.1 Å². The Kier molecular flexibility index (Phi) is 8.25. The molecule has 2 nitrogen and oxygen atoms in total. The van der Waals surface area contributed by atoms with Crippen molar-refractivity contribution >= 4 is 0 Å². The van der Waals surface area contributed by atoms with Crippen LogP contribution in [0.2, 0.25) is 0 Å². The zero-order valence-corrected chi connectivity index (χ0v) is 23.3. The smallest absolute Gasteiger partial charge is 0.127 e. The molecule has 1 aliphatic carbocycles. The molecule has 0 bridgehead atoms. The summed E-state index contributed by atoms with van der Waals surface area (Å²) in [7, 11) is 0. The van der Waals surface area contributed by atoms with Gasteiger partial charge in [-0.2, -0.15) is 0 Å². The van der Waals surface area contributed by atoms with Gasteiger partial charge in [-0.05, 0) is 102 Å². The highest BCUT2D eigenvalue weighted by Gasteiger charge is 2.37. The van der Waals surface area contributed by atoms with Gasteiger partial charge in [-0.15, -0.1) is 0 Å². The van der Waals surface area contributed by atoms with Gasteiger partial charge in [-0.25, -0.2) is 0 Å². The average Bonchev–Trinajstić information content (AvgIpc) is 2.88. The zero-order valence-electron chi connectivity index (χ0n) is 23.3. The number of fused-ring (bicyclic) bond motifs is 1. The minimum absolute atomic E-state index is 0.180. The molecule has 3 aromatic carbocycles. The van der Waals surface area contributed by atoms with Crippen LogP contribution in [0.15, 0.2) is 60.7 Å². The standard InChI is InChI=1S/C34H45NO/c1-7-20-35-21-11-22-36-32-17-15-26(28-13-10-9-12-25(28)8-2)23-29(32)27-14-16-30-31(24-27)34(5,6)19-18-33(30,3)4/h9-10,12-17,23-24,35H,7-8,11,18-22H2,1-6H3. The molecule has 2 heteroatoms. The quantitative estimate of drug-likeness (QED) is 0.291. The van der Waals surface area contributed by atoms with Crippen LogP contribution >= 0.6 is 0 Å². The minimum atomic E-state index is 0.180. The lowest BCUT2D eigenvalue weighted by atomic mass is 9.63. The first-order valence-corrected chi connectivity index (χ1v) is 14.0. The lowest BCUT2D eigenvalue weighted by Crippen LogP contribution is -2.33. The van der Waals surface area contributed by atoms with E-state index >= 15 is 0 Å². The summed E-state index contributed by atoms with van der Waals surface area (Å²) in [6, 6.07) is 22.7. The van der Waals surface area contributed by atoms with E-state index in [2.05, 4.69) is 108 Å². The summed E-state index contributed by atoms with van der Waals surface area (Å²) < 4.78 is 6.42. The molecule has 1 N–H and O–H groups in total. The van der Waals surface area contributed by atoms with Crippen LogP contribution in [0, 0.1) is 0 Å². The first-order chi connectivity index (χ1) is 17.3. The summed E-state index contributed by atoms with van der Waals surface area (Å²) >= 11 is 0. The molecular weight excluding hydrogens is 438 g/mol. The van der Waals surface area contributed by atoms with Gasteiger partial charge in [-0.1, -0.05) is 90.1 Å². The number of benzene rings is 3. The van der Waals surface area contributed by atoms with Gasteiger partial charge in [-0.3, -0.25) is 0 Å². The van der Waals surface area contributed by atoms with Crippen LogP contribution < -0.4 is 10.1 Å². The summed E-state index contributed by atoms with van der Waals surface area (Å²) in [4.78, 5) is 0. The first kappa shape index (κ1) is 26.5. The van der Waals surface area contributed by atoms with Crippen molar-refractivity contribution in [3.8, 4) is 28.0 Å². The number of hydrogen-bond acceptors (Lipinski definition) is 2. The van der Waals surface area contributed by atoms with Gasteiger partial charge in [0.15, 0.2) is 0 Å². The van der Waals surface area contributed by atoms with Gasteiger partial charge in [0, 0.05) is 5.56 Å². The van der Waals surface area contributed by atoms with Crippen LogP contribution in [0.3, 0.4) is 0 Å². The fraction of sp³-hybridized carbons (Fsp3) is 0.471. The molecule has 0 aliphatic heterocycles. The Labute approximate surface area is 219 Å². The second-order valence-corrected chi connectivity index (χ2v) is 11.7. The van der Waals surface area contributed by atoms with E-state index in [0.717, 1.165) is 44.7 Å². The van der Waals surface area contributed by atoms with Crippen LogP contribution in [-0.2, 0) is 17.3 Å². The van der Waals surface area contributed by atoms with Crippen molar-refractivity contribution in [3.05, 3.63) is 77.4 Å². The van der Waals surface area contributed by atoms with Crippen LogP contribution in [0.1, 0.15) is 83.9 Å². The Bertz CT molecular complexity index is 1170. The molecule has 0 fully saturated rings. The number of nitrogens with one attached hydrogen (secondary N) is 1. The van der Waals surface area contributed by atoms with Crippen molar-refractivity contribution in [2.24, 2.45) is 0 Å². The van der Waals surface area contributed by atoms with E-state index in [-0.39, 0.29) is 10.8 Å². The highest BCUT2D eigenvalue weighted by atomic mass is 16.5. The van der Waals surface area contributed by atoms with E-state index in [1.807, 2.05) is 0 Å². The minimum Gasteiger partial charge on any atom is -0.493 e. The van der Waals surface area contributed by atoms with Crippen LogP contribution in [-0.4, -0.2) is 19.7 Å². The second kappa shape index (κ2) is 11.2. The molecule has 1 aliphatic rings. The van der Waals surface area contributed by atoms with E-state index in [4.69, 9.17) is 4.74 Å². The lowest BCUT2D eigenvalue weighted by Gasteiger charge is -2.42. The molecule has 3 aromatic rings. The van der Waals surface area contributed by atoms with Gasteiger partial charge in [0.2, 0.25) is 0 Å². The van der Waals surface area contributed by atoms with Crippen molar-refractivity contribution in [1.29, 1.82) is 0 Å². The Balaban J connectivity index is 1.75. The van der Waals surface area contributed by atoms with E-state index < -0.39 is 0 Å². The molecule has 0 heterocycles.